The molecule has 354 valence electrons. The lowest BCUT2D eigenvalue weighted by Gasteiger charge is -2.12. The number of para-hydroxylation sites is 6. The van der Waals surface area contributed by atoms with Crippen molar-refractivity contribution in [3.63, 3.8) is 0 Å². The van der Waals surface area contributed by atoms with Crippen LogP contribution < -0.4 is 0 Å². The Hall–Kier alpha value is -10.5. The molecular weight excluding hydrogens is 935 g/mol. The fraction of sp³-hybridized carbons (Fsp3) is 0. The third-order valence-electron chi connectivity index (χ3n) is 14.8. The molecule has 0 atom stereocenters. The zero-order chi connectivity index (χ0) is 49.8. The van der Waals surface area contributed by atoms with E-state index in [-0.39, 0.29) is 0 Å². The standard InChI is InChI=1S/C67H39N7O2/c1-4-18-40(19-5-1)64-70-65(41-20-6-2-7-21-41)72-67(71-64)74-54-31-13-10-24-45(54)52-38-42(34-36-55(52)74)43-35-37-56-53(39-43)60-61(73(56)44-22-8-3-9-23-44)59(50-29-16-27-48-46-25-11-14-32-57(46)75-62(48)50)68-66(69-60)51-30-17-28-49-47-26-12-15-33-58(47)76-63(49)51/h1-39H. The SMILES string of the molecule is c1ccc(-c2nc(-c3ccccc3)nc(-n3c4ccccc4c4cc(-c5ccc6c(c5)c5nc(-c7cccc8c7oc7ccccc78)nc(-c7cccc8c7oc7ccccc78)c5n6-c5ccccc5)ccc43)n2)cc1. The highest BCUT2D eigenvalue weighted by Crippen LogP contribution is 2.45. The molecule has 0 spiro atoms. The highest BCUT2D eigenvalue weighted by molar-refractivity contribution is 6.17. The number of nitrogens with zero attached hydrogens (tertiary/aromatic N) is 7. The second kappa shape index (κ2) is 16.5. The summed E-state index contributed by atoms with van der Waals surface area (Å²) >= 11 is 0. The van der Waals surface area contributed by atoms with Gasteiger partial charge in [0.15, 0.2) is 17.5 Å². The molecule has 0 N–H and O–H groups in total. The molecular formula is C67H39N7O2. The Morgan fingerprint density at radius 1 is 0.303 bits per heavy atom. The third kappa shape index (κ3) is 6.42. The summed E-state index contributed by atoms with van der Waals surface area (Å²) in [6.45, 7) is 0. The van der Waals surface area contributed by atoms with Crippen LogP contribution in [-0.4, -0.2) is 34.1 Å². The number of benzene rings is 10. The third-order valence-corrected chi connectivity index (χ3v) is 14.8. The van der Waals surface area contributed by atoms with Crippen molar-refractivity contribution in [2.75, 3.05) is 0 Å². The molecule has 16 aromatic rings. The van der Waals surface area contributed by atoms with Gasteiger partial charge in [-0.1, -0.05) is 170 Å². The molecule has 0 aliphatic carbocycles. The first-order valence-corrected chi connectivity index (χ1v) is 25.3. The van der Waals surface area contributed by atoms with Crippen LogP contribution in [-0.2, 0) is 0 Å². The number of rotatable bonds is 7. The van der Waals surface area contributed by atoms with Gasteiger partial charge in [-0.2, -0.15) is 9.97 Å². The van der Waals surface area contributed by atoms with Crippen LogP contribution in [0.25, 0.3) is 156 Å². The van der Waals surface area contributed by atoms with E-state index in [4.69, 9.17) is 33.8 Å². The van der Waals surface area contributed by atoms with Gasteiger partial charge < -0.3 is 13.4 Å². The molecule has 9 heteroatoms. The van der Waals surface area contributed by atoms with Crippen LogP contribution in [0.4, 0.5) is 0 Å². The molecule has 6 aromatic heterocycles. The van der Waals surface area contributed by atoms with Crippen molar-refractivity contribution in [1.82, 2.24) is 34.1 Å². The van der Waals surface area contributed by atoms with Gasteiger partial charge in [-0.25, -0.2) is 15.0 Å². The van der Waals surface area contributed by atoms with Crippen LogP contribution in [0.5, 0.6) is 0 Å². The van der Waals surface area contributed by atoms with Crippen molar-refractivity contribution in [2.24, 2.45) is 0 Å². The maximum absolute atomic E-state index is 6.79. The molecule has 0 radical (unpaired) electrons. The van der Waals surface area contributed by atoms with Crippen molar-refractivity contribution >= 4 is 87.6 Å². The highest BCUT2D eigenvalue weighted by Gasteiger charge is 2.26. The molecule has 0 unspecified atom stereocenters. The second-order valence-electron chi connectivity index (χ2n) is 19.2. The van der Waals surface area contributed by atoms with Gasteiger partial charge >= 0.3 is 0 Å². The van der Waals surface area contributed by atoms with Gasteiger partial charge in [0.05, 0.1) is 27.6 Å². The van der Waals surface area contributed by atoms with Crippen LogP contribution in [0.3, 0.4) is 0 Å². The zero-order valence-corrected chi connectivity index (χ0v) is 40.5. The monoisotopic (exact) mass is 973 g/mol. The van der Waals surface area contributed by atoms with Gasteiger partial charge in [0.1, 0.15) is 33.5 Å². The Balaban J connectivity index is 0.949. The van der Waals surface area contributed by atoms with E-state index in [0.717, 1.165) is 132 Å². The first kappa shape index (κ1) is 42.0. The lowest BCUT2D eigenvalue weighted by molar-refractivity contribution is 0.669. The summed E-state index contributed by atoms with van der Waals surface area (Å²) in [5.74, 6) is 2.31. The van der Waals surface area contributed by atoms with E-state index < -0.39 is 0 Å². The Morgan fingerprint density at radius 2 is 0.803 bits per heavy atom. The van der Waals surface area contributed by atoms with Gasteiger partial charge in [0.2, 0.25) is 5.95 Å². The first-order chi connectivity index (χ1) is 37.7. The minimum absolute atomic E-state index is 0.546. The van der Waals surface area contributed by atoms with Crippen molar-refractivity contribution < 1.29 is 8.83 Å². The zero-order valence-electron chi connectivity index (χ0n) is 40.5. The van der Waals surface area contributed by atoms with E-state index >= 15 is 0 Å². The molecule has 0 aliphatic heterocycles. The molecule has 10 aromatic carbocycles. The molecule has 9 nitrogen and oxygen atoms in total. The van der Waals surface area contributed by atoms with Crippen LogP contribution in [0, 0.1) is 0 Å². The predicted octanol–water partition coefficient (Wildman–Crippen LogP) is 17.0. The van der Waals surface area contributed by atoms with E-state index in [1.807, 2.05) is 97.1 Å². The number of aromatic nitrogens is 7. The van der Waals surface area contributed by atoms with E-state index in [2.05, 4.69) is 149 Å². The van der Waals surface area contributed by atoms with E-state index in [9.17, 15) is 0 Å². The smallest absolute Gasteiger partial charge is 0.238 e. The van der Waals surface area contributed by atoms with Gasteiger partial charge in [-0.05, 0) is 77.9 Å². The molecule has 0 saturated heterocycles. The maximum Gasteiger partial charge on any atom is 0.238 e. The average Bonchev–Trinajstić information content (AvgIpc) is 4.42. The van der Waals surface area contributed by atoms with E-state index in [0.29, 0.717) is 23.4 Å². The Kier molecular flexibility index (Phi) is 9.13. The fourth-order valence-electron chi connectivity index (χ4n) is 11.4. The minimum Gasteiger partial charge on any atom is -0.455 e. The number of hydrogen-bond donors (Lipinski definition) is 0. The van der Waals surface area contributed by atoms with Gasteiger partial charge in [0.25, 0.3) is 0 Å². The topological polar surface area (TPSA) is 101 Å². The summed E-state index contributed by atoms with van der Waals surface area (Å²) < 4.78 is 17.9. The molecule has 0 bridgehead atoms. The van der Waals surface area contributed by atoms with Gasteiger partial charge in [0, 0.05) is 60.1 Å². The lowest BCUT2D eigenvalue weighted by atomic mass is 10.0. The van der Waals surface area contributed by atoms with Crippen molar-refractivity contribution in [1.29, 1.82) is 0 Å². The summed E-state index contributed by atoms with van der Waals surface area (Å²) in [4.78, 5) is 26.6. The van der Waals surface area contributed by atoms with Crippen LogP contribution in [0.15, 0.2) is 245 Å². The van der Waals surface area contributed by atoms with E-state index in [1.165, 1.54) is 0 Å². The quantitative estimate of drug-likeness (QED) is 0.157. The van der Waals surface area contributed by atoms with E-state index in [1.54, 1.807) is 0 Å². The number of fused-ring (bicyclic) bond motifs is 12. The summed E-state index contributed by atoms with van der Waals surface area (Å²) in [6, 6.07) is 81.5. The fourth-order valence-corrected chi connectivity index (χ4v) is 11.4. The molecule has 6 heterocycles. The minimum atomic E-state index is 0.546. The van der Waals surface area contributed by atoms with Crippen LogP contribution in [0.1, 0.15) is 0 Å². The summed E-state index contributed by atoms with van der Waals surface area (Å²) in [6.07, 6.45) is 0. The summed E-state index contributed by atoms with van der Waals surface area (Å²) in [5.41, 5.74) is 15.1. The number of hydrogen-bond acceptors (Lipinski definition) is 7. The average molecular weight is 974 g/mol. The van der Waals surface area contributed by atoms with Crippen LogP contribution >= 0.6 is 0 Å². The molecule has 0 fully saturated rings. The summed E-state index contributed by atoms with van der Waals surface area (Å²) in [5, 5.41) is 7.26. The van der Waals surface area contributed by atoms with Crippen LogP contribution in [0.2, 0.25) is 0 Å². The molecule has 0 saturated carbocycles. The molecule has 0 amide bonds. The molecule has 16 rings (SSSR count). The molecule has 76 heavy (non-hydrogen) atoms. The molecule has 0 aliphatic rings. The van der Waals surface area contributed by atoms with Crippen molar-refractivity contribution in [3.8, 4) is 68.2 Å². The predicted molar refractivity (Wildman–Crippen MR) is 306 cm³/mol. The Morgan fingerprint density at radius 3 is 1.45 bits per heavy atom. The first-order valence-electron chi connectivity index (χ1n) is 25.3. The largest absolute Gasteiger partial charge is 0.455 e. The Bertz CT molecular complexity index is 4940. The van der Waals surface area contributed by atoms with Gasteiger partial charge in [-0.15, -0.1) is 0 Å². The summed E-state index contributed by atoms with van der Waals surface area (Å²) in [7, 11) is 0. The highest BCUT2D eigenvalue weighted by atomic mass is 16.3. The second-order valence-corrected chi connectivity index (χ2v) is 19.2. The van der Waals surface area contributed by atoms with Crippen molar-refractivity contribution in [3.05, 3.63) is 237 Å². The normalized spacial score (nSPS) is 11.9. The maximum atomic E-state index is 6.79. The number of furan rings is 2. The van der Waals surface area contributed by atoms with Crippen molar-refractivity contribution in [2.45, 2.75) is 0 Å². The lowest BCUT2D eigenvalue weighted by Crippen LogP contribution is -2.06. The van der Waals surface area contributed by atoms with Gasteiger partial charge in [-0.3, -0.25) is 4.57 Å². The Labute approximate surface area is 433 Å².